The highest BCUT2D eigenvalue weighted by Gasteiger charge is 2.22. The Morgan fingerprint density at radius 3 is 1.69 bits per heavy atom. The summed E-state index contributed by atoms with van der Waals surface area (Å²) in [5.74, 6) is -0.249. The smallest absolute Gasteiger partial charge is 0.238 e. The third-order valence-electron chi connectivity index (χ3n) is 1.91. The predicted molar refractivity (Wildman–Crippen MR) is 45.6 cm³/mol. The van der Waals surface area contributed by atoms with Crippen LogP contribution in [-0.4, -0.2) is 48.1 Å². The SMILES string of the molecule is CC(=O)N1CCOCCN1C(C)=O. The number of amides is 2. The van der Waals surface area contributed by atoms with Gasteiger partial charge in [-0.1, -0.05) is 0 Å². The summed E-state index contributed by atoms with van der Waals surface area (Å²) in [7, 11) is 0. The normalized spacial score (nSPS) is 18.3. The molecule has 1 rings (SSSR count). The van der Waals surface area contributed by atoms with Gasteiger partial charge in [0, 0.05) is 13.8 Å². The Bertz CT molecular complexity index is 195. The molecule has 1 fully saturated rings. The summed E-state index contributed by atoms with van der Waals surface area (Å²) >= 11 is 0. The Hall–Kier alpha value is -1.10. The summed E-state index contributed by atoms with van der Waals surface area (Å²) < 4.78 is 5.17. The lowest BCUT2D eigenvalue weighted by Crippen LogP contribution is -2.48. The van der Waals surface area contributed by atoms with Gasteiger partial charge in [-0.15, -0.1) is 0 Å². The first-order chi connectivity index (χ1) is 6.13. The summed E-state index contributed by atoms with van der Waals surface area (Å²) in [5.41, 5.74) is 0. The standard InChI is InChI=1S/C8H14N2O3/c1-7(11)9-3-5-13-6-4-10(9)8(2)12/h3-6H2,1-2H3. The van der Waals surface area contributed by atoms with Gasteiger partial charge in [0.2, 0.25) is 11.8 Å². The lowest BCUT2D eigenvalue weighted by molar-refractivity contribution is -0.159. The molecule has 0 aromatic heterocycles. The molecule has 0 aliphatic carbocycles. The number of carbonyl (C=O) groups is 2. The molecule has 0 N–H and O–H groups in total. The molecule has 13 heavy (non-hydrogen) atoms. The quantitative estimate of drug-likeness (QED) is 0.518. The zero-order chi connectivity index (χ0) is 9.84. The van der Waals surface area contributed by atoms with Crippen LogP contribution in [0.4, 0.5) is 0 Å². The van der Waals surface area contributed by atoms with E-state index in [1.165, 1.54) is 23.9 Å². The number of nitrogens with zero attached hydrogens (tertiary/aromatic N) is 2. The molecular formula is C8H14N2O3. The summed E-state index contributed by atoms with van der Waals surface area (Å²) in [4.78, 5) is 22.3. The Morgan fingerprint density at radius 1 is 1.00 bits per heavy atom. The van der Waals surface area contributed by atoms with Gasteiger partial charge in [-0.2, -0.15) is 0 Å². The van der Waals surface area contributed by atoms with Gasteiger partial charge in [0.1, 0.15) is 0 Å². The third-order valence-corrected chi connectivity index (χ3v) is 1.91. The minimum atomic E-state index is -0.124. The Labute approximate surface area is 77.2 Å². The maximum Gasteiger partial charge on any atom is 0.238 e. The fraction of sp³-hybridized carbons (Fsp3) is 0.750. The van der Waals surface area contributed by atoms with Crippen LogP contribution in [0.25, 0.3) is 0 Å². The summed E-state index contributed by atoms with van der Waals surface area (Å²) in [6.45, 7) is 4.78. The van der Waals surface area contributed by atoms with Crippen molar-refractivity contribution >= 4 is 11.8 Å². The predicted octanol–water partition coefficient (Wildman–Crippen LogP) is -0.371. The zero-order valence-corrected chi connectivity index (χ0v) is 7.95. The Morgan fingerprint density at radius 2 is 1.38 bits per heavy atom. The minimum absolute atomic E-state index is 0.124. The van der Waals surface area contributed by atoms with E-state index in [4.69, 9.17) is 4.74 Å². The van der Waals surface area contributed by atoms with Crippen molar-refractivity contribution in [3.05, 3.63) is 0 Å². The van der Waals surface area contributed by atoms with E-state index in [2.05, 4.69) is 0 Å². The van der Waals surface area contributed by atoms with Gasteiger partial charge in [0.25, 0.3) is 0 Å². The minimum Gasteiger partial charge on any atom is -0.378 e. The van der Waals surface area contributed by atoms with Gasteiger partial charge in [-0.25, -0.2) is 10.0 Å². The monoisotopic (exact) mass is 186 g/mol. The first-order valence-corrected chi connectivity index (χ1v) is 4.27. The van der Waals surface area contributed by atoms with Crippen LogP contribution in [0.1, 0.15) is 13.8 Å². The van der Waals surface area contributed by atoms with E-state index in [-0.39, 0.29) is 11.8 Å². The second kappa shape index (κ2) is 4.23. The molecule has 0 atom stereocenters. The Kier molecular flexibility index (Phi) is 3.25. The van der Waals surface area contributed by atoms with Crippen molar-refractivity contribution in [2.45, 2.75) is 13.8 Å². The molecule has 0 radical (unpaired) electrons. The van der Waals surface area contributed by atoms with Gasteiger partial charge in [0.15, 0.2) is 0 Å². The Balaban J connectivity index is 2.72. The van der Waals surface area contributed by atoms with E-state index in [9.17, 15) is 9.59 Å². The van der Waals surface area contributed by atoms with Gasteiger partial charge in [-0.3, -0.25) is 9.59 Å². The average molecular weight is 186 g/mol. The van der Waals surface area contributed by atoms with Crippen LogP contribution >= 0.6 is 0 Å². The second-order valence-corrected chi connectivity index (χ2v) is 2.90. The fourth-order valence-electron chi connectivity index (χ4n) is 1.30. The van der Waals surface area contributed by atoms with Crippen LogP contribution in [0.15, 0.2) is 0 Å². The van der Waals surface area contributed by atoms with Crippen molar-refractivity contribution in [2.75, 3.05) is 26.3 Å². The van der Waals surface area contributed by atoms with Crippen LogP contribution in [0, 0.1) is 0 Å². The molecule has 0 aromatic carbocycles. The molecule has 1 saturated heterocycles. The molecule has 1 aliphatic heterocycles. The molecule has 0 spiro atoms. The molecule has 2 amide bonds. The highest BCUT2D eigenvalue weighted by Crippen LogP contribution is 2.03. The van der Waals surface area contributed by atoms with Crippen LogP contribution in [0.3, 0.4) is 0 Å². The number of rotatable bonds is 0. The lowest BCUT2D eigenvalue weighted by atomic mass is 10.5. The van der Waals surface area contributed by atoms with E-state index in [1.807, 2.05) is 0 Å². The maximum absolute atomic E-state index is 11.1. The molecule has 74 valence electrons. The molecular weight excluding hydrogens is 172 g/mol. The highest BCUT2D eigenvalue weighted by atomic mass is 16.5. The lowest BCUT2D eigenvalue weighted by Gasteiger charge is -2.30. The van der Waals surface area contributed by atoms with Crippen molar-refractivity contribution in [1.82, 2.24) is 10.0 Å². The molecule has 0 aromatic rings. The van der Waals surface area contributed by atoms with E-state index in [0.717, 1.165) is 0 Å². The zero-order valence-electron chi connectivity index (χ0n) is 7.95. The molecule has 1 aliphatic rings. The van der Waals surface area contributed by atoms with Crippen LogP contribution in [0.5, 0.6) is 0 Å². The topological polar surface area (TPSA) is 49.9 Å². The van der Waals surface area contributed by atoms with E-state index in [1.54, 1.807) is 0 Å². The number of hydrazine groups is 1. The maximum atomic E-state index is 11.1. The second-order valence-electron chi connectivity index (χ2n) is 2.90. The molecule has 0 bridgehead atoms. The van der Waals surface area contributed by atoms with Crippen LogP contribution in [0.2, 0.25) is 0 Å². The van der Waals surface area contributed by atoms with E-state index < -0.39 is 0 Å². The molecule has 0 saturated carbocycles. The van der Waals surface area contributed by atoms with E-state index >= 15 is 0 Å². The van der Waals surface area contributed by atoms with Gasteiger partial charge >= 0.3 is 0 Å². The number of hydrogen-bond donors (Lipinski definition) is 0. The number of hydrogen-bond acceptors (Lipinski definition) is 3. The number of carbonyl (C=O) groups excluding carboxylic acids is 2. The molecule has 5 nitrogen and oxygen atoms in total. The van der Waals surface area contributed by atoms with Crippen molar-refractivity contribution in [3.8, 4) is 0 Å². The van der Waals surface area contributed by atoms with Gasteiger partial charge in [-0.05, 0) is 0 Å². The molecule has 0 unspecified atom stereocenters. The van der Waals surface area contributed by atoms with Crippen molar-refractivity contribution in [2.24, 2.45) is 0 Å². The summed E-state index contributed by atoms with van der Waals surface area (Å²) in [6, 6.07) is 0. The number of ether oxygens (including phenoxy) is 1. The first kappa shape index (κ1) is 9.98. The van der Waals surface area contributed by atoms with Gasteiger partial charge < -0.3 is 4.74 Å². The van der Waals surface area contributed by atoms with E-state index in [0.29, 0.717) is 26.3 Å². The third kappa shape index (κ3) is 2.42. The largest absolute Gasteiger partial charge is 0.378 e. The molecule has 5 heteroatoms. The summed E-state index contributed by atoms with van der Waals surface area (Å²) in [6.07, 6.45) is 0. The van der Waals surface area contributed by atoms with Crippen molar-refractivity contribution < 1.29 is 14.3 Å². The van der Waals surface area contributed by atoms with Crippen LogP contribution < -0.4 is 0 Å². The van der Waals surface area contributed by atoms with Gasteiger partial charge in [0.05, 0.1) is 26.3 Å². The highest BCUT2D eigenvalue weighted by molar-refractivity contribution is 5.79. The van der Waals surface area contributed by atoms with Crippen molar-refractivity contribution in [1.29, 1.82) is 0 Å². The average Bonchev–Trinajstić information content (AvgIpc) is 2.27. The van der Waals surface area contributed by atoms with Crippen molar-refractivity contribution in [3.63, 3.8) is 0 Å². The first-order valence-electron chi connectivity index (χ1n) is 4.27. The van der Waals surface area contributed by atoms with Crippen LogP contribution in [-0.2, 0) is 14.3 Å². The summed E-state index contributed by atoms with van der Waals surface area (Å²) in [5, 5.41) is 2.85. The molecule has 1 heterocycles. The fourth-order valence-corrected chi connectivity index (χ4v) is 1.30.